The van der Waals surface area contributed by atoms with E-state index in [4.69, 9.17) is 9.47 Å². The smallest absolute Gasteiger partial charge is 0.252 e. The van der Waals surface area contributed by atoms with Gasteiger partial charge in [-0.05, 0) is 36.4 Å². The van der Waals surface area contributed by atoms with Gasteiger partial charge in [-0.2, -0.15) is 0 Å². The summed E-state index contributed by atoms with van der Waals surface area (Å²) >= 11 is 0. The van der Waals surface area contributed by atoms with Crippen LogP contribution in [0.1, 0.15) is 10.4 Å². The average Bonchev–Trinajstić information content (AvgIpc) is 2.71. The normalized spacial score (nSPS) is 12.0. The maximum Gasteiger partial charge on any atom is 0.252 e. The largest absolute Gasteiger partial charge is 0.497 e. The Bertz CT molecular complexity index is 925. The topological polar surface area (TPSA) is 80.7 Å². The summed E-state index contributed by atoms with van der Waals surface area (Å²) in [6, 6.07) is 16.8. The predicted molar refractivity (Wildman–Crippen MR) is 104 cm³/mol. The lowest BCUT2D eigenvalue weighted by molar-refractivity contribution is 0.0610. The summed E-state index contributed by atoms with van der Waals surface area (Å²) in [5.74, 6) is 0.489. The number of aliphatic hydroxyl groups excluding tert-OH is 1. The number of nitrogens with zero attached hydrogens (tertiary/aromatic N) is 1. The number of aromatic nitrogens is 1. The van der Waals surface area contributed by atoms with Crippen LogP contribution in [0.4, 0.5) is 0 Å². The zero-order chi connectivity index (χ0) is 19.2. The summed E-state index contributed by atoms with van der Waals surface area (Å²) in [6.45, 7) is 0.273. The highest BCUT2D eigenvalue weighted by Crippen LogP contribution is 2.26. The number of benzene rings is 2. The molecule has 0 bridgehead atoms. The van der Waals surface area contributed by atoms with Crippen molar-refractivity contribution in [3.63, 3.8) is 0 Å². The fraction of sp³-hybridized carbons (Fsp3) is 0.238. The lowest BCUT2D eigenvalue weighted by Gasteiger charge is -2.13. The molecule has 6 nitrogen and oxygen atoms in total. The van der Waals surface area contributed by atoms with Gasteiger partial charge in [0.25, 0.3) is 5.91 Å². The van der Waals surface area contributed by atoms with Crippen LogP contribution in [0.3, 0.4) is 0 Å². The number of hydrogen-bond acceptors (Lipinski definition) is 5. The molecule has 3 rings (SSSR count). The number of methoxy groups -OCH3 is 2. The van der Waals surface area contributed by atoms with E-state index in [1.165, 1.54) is 7.11 Å². The van der Waals surface area contributed by atoms with Gasteiger partial charge in [-0.3, -0.25) is 4.79 Å². The van der Waals surface area contributed by atoms with Crippen LogP contribution in [0.2, 0.25) is 0 Å². The number of rotatable bonds is 7. The van der Waals surface area contributed by atoms with Gasteiger partial charge in [0.2, 0.25) is 0 Å². The standard InChI is InChI=1S/C21H22N2O4/c1-26-13-15(24)12-22-21(25)18-11-20(14-7-9-16(27-2)10-8-14)23-19-6-4-3-5-17(18)19/h3-11,15,24H,12-13H2,1-2H3,(H,22,25)/t15-/m0/s1. The number of hydrogen-bond donors (Lipinski definition) is 2. The second-order valence-electron chi connectivity index (χ2n) is 6.12. The number of amides is 1. The van der Waals surface area contributed by atoms with Gasteiger partial charge < -0.3 is 19.9 Å². The zero-order valence-corrected chi connectivity index (χ0v) is 15.3. The second-order valence-corrected chi connectivity index (χ2v) is 6.12. The lowest BCUT2D eigenvalue weighted by Crippen LogP contribution is -2.34. The van der Waals surface area contributed by atoms with E-state index in [-0.39, 0.29) is 19.1 Å². The molecular weight excluding hydrogens is 344 g/mol. The van der Waals surface area contributed by atoms with Crippen molar-refractivity contribution in [2.45, 2.75) is 6.10 Å². The number of para-hydroxylation sites is 1. The fourth-order valence-electron chi connectivity index (χ4n) is 2.83. The van der Waals surface area contributed by atoms with Crippen molar-refractivity contribution in [1.82, 2.24) is 10.3 Å². The third kappa shape index (κ3) is 4.42. The average molecular weight is 366 g/mol. The molecule has 0 fully saturated rings. The first-order valence-electron chi connectivity index (χ1n) is 8.61. The van der Waals surface area contributed by atoms with Crippen LogP contribution in [0, 0.1) is 0 Å². The molecule has 140 valence electrons. The van der Waals surface area contributed by atoms with Crippen molar-refractivity contribution in [2.75, 3.05) is 27.4 Å². The van der Waals surface area contributed by atoms with Crippen molar-refractivity contribution < 1.29 is 19.4 Å². The Morgan fingerprint density at radius 2 is 1.89 bits per heavy atom. The molecule has 0 aliphatic heterocycles. The number of nitrogens with one attached hydrogen (secondary N) is 1. The first-order chi connectivity index (χ1) is 13.1. The molecule has 0 radical (unpaired) electrons. The van der Waals surface area contributed by atoms with E-state index < -0.39 is 6.10 Å². The van der Waals surface area contributed by atoms with Gasteiger partial charge >= 0.3 is 0 Å². The van der Waals surface area contributed by atoms with E-state index in [9.17, 15) is 9.90 Å². The highest BCUT2D eigenvalue weighted by Gasteiger charge is 2.15. The van der Waals surface area contributed by atoms with Crippen molar-refractivity contribution in [3.8, 4) is 17.0 Å². The third-order valence-corrected chi connectivity index (χ3v) is 4.20. The SMILES string of the molecule is COC[C@@H](O)CNC(=O)c1cc(-c2ccc(OC)cc2)nc2ccccc12. The second kappa shape index (κ2) is 8.62. The molecule has 27 heavy (non-hydrogen) atoms. The summed E-state index contributed by atoms with van der Waals surface area (Å²) in [6.07, 6.45) is -0.756. The van der Waals surface area contributed by atoms with E-state index in [0.717, 1.165) is 22.2 Å². The molecule has 1 atom stereocenters. The highest BCUT2D eigenvalue weighted by atomic mass is 16.5. The van der Waals surface area contributed by atoms with E-state index in [1.54, 1.807) is 13.2 Å². The van der Waals surface area contributed by atoms with Crippen LogP contribution in [-0.4, -0.2) is 49.5 Å². The first-order valence-corrected chi connectivity index (χ1v) is 8.61. The van der Waals surface area contributed by atoms with E-state index in [0.29, 0.717) is 11.3 Å². The van der Waals surface area contributed by atoms with Crippen molar-refractivity contribution in [3.05, 3.63) is 60.2 Å². The lowest BCUT2D eigenvalue weighted by atomic mass is 10.0. The van der Waals surface area contributed by atoms with Gasteiger partial charge in [-0.15, -0.1) is 0 Å². The molecule has 0 aliphatic carbocycles. The number of carbonyl (C=O) groups excluding carboxylic acids is 1. The quantitative estimate of drug-likeness (QED) is 0.672. The Morgan fingerprint density at radius 1 is 1.15 bits per heavy atom. The Labute approximate surface area is 157 Å². The summed E-state index contributed by atoms with van der Waals surface area (Å²) < 4.78 is 10.1. The van der Waals surface area contributed by atoms with Crippen LogP contribution in [0.15, 0.2) is 54.6 Å². The van der Waals surface area contributed by atoms with Crippen LogP contribution in [0.5, 0.6) is 5.75 Å². The molecule has 6 heteroatoms. The third-order valence-electron chi connectivity index (χ3n) is 4.20. The number of fused-ring (bicyclic) bond motifs is 1. The Kier molecular flexibility index (Phi) is 6.01. The molecule has 0 saturated carbocycles. The monoisotopic (exact) mass is 366 g/mol. The molecule has 3 aromatic rings. The molecule has 0 saturated heterocycles. The summed E-state index contributed by atoms with van der Waals surface area (Å²) in [5.41, 5.74) is 2.82. The minimum atomic E-state index is -0.756. The summed E-state index contributed by atoms with van der Waals surface area (Å²) in [4.78, 5) is 17.4. The Morgan fingerprint density at radius 3 is 2.59 bits per heavy atom. The summed E-state index contributed by atoms with van der Waals surface area (Å²) in [5, 5.41) is 13.3. The molecule has 2 N–H and O–H groups in total. The fourth-order valence-corrected chi connectivity index (χ4v) is 2.83. The molecule has 0 spiro atoms. The molecule has 1 amide bonds. The number of aliphatic hydroxyl groups is 1. The zero-order valence-electron chi connectivity index (χ0n) is 15.3. The first kappa shape index (κ1) is 18.8. The molecule has 0 aliphatic rings. The van der Waals surface area contributed by atoms with Gasteiger partial charge in [-0.25, -0.2) is 4.98 Å². The maximum absolute atomic E-state index is 12.7. The van der Waals surface area contributed by atoms with Crippen molar-refractivity contribution >= 4 is 16.8 Å². The van der Waals surface area contributed by atoms with Gasteiger partial charge in [0.1, 0.15) is 5.75 Å². The van der Waals surface area contributed by atoms with E-state index in [2.05, 4.69) is 10.3 Å². The Balaban J connectivity index is 1.96. The molecule has 2 aromatic carbocycles. The molecule has 1 heterocycles. The number of ether oxygens (including phenoxy) is 2. The van der Waals surface area contributed by atoms with Crippen molar-refractivity contribution in [2.24, 2.45) is 0 Å². The van der Waals surface area contributed by atoms with E-state index in [1.807, 2.05) is 48.5 Å². The molecule has 1 aromatic heterocycles. The van der Waals surface area contributed by atoms with Crippen LogP contribution in [-0.2, 0) is 4.74 Å². The molecule has 0 unspecified atom stereocenters. The van der Waals surface area contributed by atoms with Gasteiger partial charge in [0, 0.05) is 24.6 Å². The van der Waals surface area contributed by atoms with Crippen LogP contribution < -0.4 is 10.1 Å². The molecular formula is C21H22N2O4. The van der Waals surface area contributed by atoms with Crippen LogP contribution >= 0.6 is 0 Å². The van der Waals surface area contributed by atoms with Gasteiger partial charge in [0.15, 0.2) is 0 Å². The minimum absolute atomic E-state index is 0.112. The predicted octanol–water partition coefficient (Wildman–Crippen LogP) is 2.65. The number of pyridine rings is 1. The van der Waals surface area contributed by atoms with Gasteiger partial charge in [-0.1, -0.05) is 18.2 Å². The Hall–Kier alpha value is -2.96. The highest BCUT2D eigenvalue weighted by molar-refractivity contribution is 6.07. The maximum atomic E-state index is 12.7. The van der Waals surface area contributed by atoms with Crippen LogP contribution in [0.25, 0.3) is 22.2 Å². The minimum Gasteiger partial charge on any atom is -0.497 e. The summed E-state index contributed by atoms with van der Waals surface area (Å²) in [7, 11) is 3.12. The van der Waals surface area contributed by atoms with E-state index >= 15 is 0 Å². The number of carbonyl (C=O) groups is 1. The van der Waals surface area contributed by atoms with Crippen molar-refractivity contribution in [1.29, 1.82) is 0 Å². The van der Waals surface area contributed by atoms with Gasteiger partial charge in [0.05, 0.1) is 36.6 Å².